The van der Waals surface area contributed by atoms with Gasteiger partial charge in [-0.1, -0.05) is 60.7 Å². The quantitative estimate of drug-likeness (QED) is 0.726. The molecule has 1 aliphatic heterocycles. The Labute approximate surface area is 171 Å². The van der Waals surface area contributed by atoms with Gasteiger partial charge in [0.1, 0.15) is 11.6 Å². The second kappa shape index (κ2) is 8.78. The van der Waals surface area contributed by atoms with Crippen LogP contribution in [0.2, 0.25) is 0 Å². The monoisotopic (exact) mass is 387 g/mol. The molecule has 1 aromatic heterocycles. The van der Waals surface area contributed by atoms with Crippen LogP contribution in [0, 0.1) is 0 Å². The summed E-state index contributed by atoms with van der Waals surface area (Å²) in [6, 6.07) is 24.0. The Morgan fingerprint density at radius 3 is 1.97 bits per heavy atom. The number of hydrogen-bond acceptors (Lipinski definition) is 4. The summed E-state index contributed by atoms with van der Waals surface area (Å²) >= 11 is 0. The Bertz CT molecular complexity index is 882. The molecule has 5 nitrogen and oxygen atoms in total. The topological polar surface area (TPSA) is 56.7 Å². The van der Waals surface area contributed by atoms with Gasteiger partial charge in [0.2, 0.25) is 5.91 Å². The Balaban J connectivity index is 1.43. The summed E-state index contributed by atoms with van der Waals surface area (Å²) in [5.74, 6) is 1.24. The molecule has 5 heteroatoms. The fourth-order valence-corrected chi connectivity index (χ4v) is 3.85. The van der Waals surface area contributed by atoms with Gasteiger partial charge in [0.05, 0.1) is 6.20 Å². The first-order chi connectivity index (χ1) is 14.2. The zero-order valence-electron chi connectivity index (χ0n) is 16.3. The average Bonchev–Trinajstić information content (AvgIpc) is 2.79. The van der Waals surface area contributed by atoms with E-state index in [-0.39, 0.29) is 17.6 Å². The maximum atomic E-state index is 13.1. The molecule has 29 heavy (non-hydrogen) atoms. The summed E-state index contributed by atoms with van der Waals surface area (Å²) < 4.78 is 0. The summed E-state index contributed by atoms with van der Waals surface area (Å²) in [6.07, 6.45) is 1.92. The fourth-order valence-electron chi connectivity index (χ4n) is 3.85. The number of hydrogen-bond donors (Lipinski definition) is 1. The van der Waals surface area contributed by atoms with Gasteiger partial charge in [-0.05, 0) is 23.3 Å². The van der Waals surface area contributed by atoms with Crippen molar-refractivity contribution in [1.29, 1.82) is 0 Å². The number of pyridine rings is 1. The number of amides is 1. The normalized spacial score (nSPS) is 14.2. The predicted molar refractivity (Wildman–Crippen MR) is 114 cm³/mol. The van der Waals surface area contributed by atoms with Gasteiger partial charge in [0, 0.05) is 38.5 Å². The van der Waals surface area contributed by atoms with E-state index < -0.39 is 0 Å². The molecule has 1 N–H and O–H groups in total. The van der Waals surface area contributed by atoms with Crippen molar-refractivity contribution in [3.05, 3.63) is 90.1 Å². The lowest BCUT2D eigenvalue weighted by atomic mass is 9.88. The highest BCUT2D eigenvalue weighted by atomic mass is 16.3. The van der Waals surface area contributed by atoms with E-state index in [1.165, 1.54) is 17.3 Å². The van der Waals surface area contributed by atoms with Crippen LogP contribution in [-0.2, 0) is 4.79 Å². The first-order valence-electron chi connectivity index (χ1n) is 9.98. The molecular weight excluding hydrogens is 362 g/mol. The zero-order valence-corrected chi connectivity index (χ0v) is 16.3. The van der Waals surface area contributed by atoms with Crippen LogP contribution in [-0.4, -0.2) is 47.1 Å². The third kappa shape index (κ3) is 4.57. The van der Waals surface area contributed by atoms with Crippen LogP contribution in [0.1, 0.15) is 23.5 Å². The molecule has 0 unspecified atom stereocenters. The Morgan fingerprint density at radius 2 is 1.45 bits per heavy atom. The van der Waals surface area contributed by atoms with E-state index in [2.05, 4.69) is 34.1 Å². The second-order valence-corrected chi connectivity index (χ2v) is 7.32. The summed E-state index contributed by atoms with van der Waals surface area (Å²) in [7, 11) is 0. The highest BCUT2D eigenvalue weighted by Crippen LogP contribution is 2.29. The van der Waals surface area contributed by atoms with Crippen LogP contribution in [0.15, 0.2) is 79.0 Å². The molecule has 0 spiro atoms. The zero-order chi connectivity index (χ0) is 20.1. The van der Waals surface area contributed by atoms with Gasteiger partial charge in [-0.3, -0.25) is 4.79 Å². The predicted octanol–water partition coefficient (Wildman–Crippen LogP) is 3.66. The molecule has 0 aliphatic carbocycles. The molecule has 0 bridgehead atoms. The fraction of sp³-hybridized carbons (Fsp3) is 0.250. The molecule has 0 atom stereocenters. The number of benzene rings is 2. The molecular formula is C24H25N3O2. The maximum Gasteiger partial charge on any atom is 0.223 e. The van der Waals surface area contributed by atoms with Crippen LogP contribution in [0.5, 0.6) is 5.75 Å². The SMILES string of the molecule is O=C(CC(c1ccccc1)c1ccccc1)N1CCN(c2ccc(O)cn2)CC1. The van der Waals surface area contributed by atoms with Gasteiger partial charge in [-0.15, -0.1) is 0 Å². The van der Waals surface area contributed by atoms with E-state index in [1.807, 2.05) is 47.4 Å². The minimum absolute atomic E-state index is 0.0571. The van der Waals surface area contributed by atoms with Crippen molar-refractivity contribution >= 4 is 11.7 Å². The lowest BCUT2D eigenvalue weighted by Gasteiger charge is -2.36. The number of nitrogens with zero attached hydrogens (tertiary/aromatic N) is 3. The summed E-state index contributed by atoms with van der Waals surface area (Å²) in [4.78, 5) is 21.5. The Morgan fingerprint density at radius 1 is 0.862 bits per heavy atom. The Kier molecular flexibility index (Phi) is 5.75. The molecule has 0 saturated carbocycles. The number of carbonyl (C=O) groups is 1. The van der Waals surface area contributed by atoms with Crippen LogP contribution >= 0.6 is 0 Å². The smallest absolute Gasteiger partial charge is 0.223 e. The van der Waals surface area contributed by atoms with Gasteiger partial charge < -0.3 is 14.9 Å². The van der Waals surface area contributed by atoms with E-state index in [9.17, 15) is 9.90 Å². The average molecular weight is 387 g/mol. The number of aromatic hydroxyl groups is 1. The minimum atomic E-state index is 0.0571. The lowest BCUT2D eigenvalue weighted by molar-refractivity contribution is -0.131. The first kappa shape index (κ1) is 19.0. The Hall–Kier alpha value is -3.34. The van der Waals surface area contributed by atoms with Crippen molar-refractivity contribution in [3.8, 4) is 5.75 Å². The van der Waals surface area contributed by atoms with Crippen LogP contribution in [0.3, 0.4) is 0 Å². The molecule has 4 rings (SSSR count). The molecule has 1 amide bonds. The number of piperazine rings is 1. The van der Waals surface area contributed by atoms with Gasteiger partial charge >= 0.3 is 0 Å². The number of carbonyl (C=O) groups excluding carboxylic acids is 1. The number of aromatic nitrogens is 1. The molecule has 2 heterocycles. The first-order valence-corrected chi connectivity index (χ1v) is 9.98. The van der Waals surface area contributed by atoms with Crippen molar-refractivity contribution < 1.29 is 9.90 Å². The summed E-state index contributed by atoms with van der Waals surface area (Å²) in [5.41, 5.74) is 2.33. The third-order valence-corrected chi connectivity index (χ3v) is 5.47. The van der Waals surface area contributed by atoms with E-state index in [1.54, 1.807) is 6.07 Å². The van der Waals surface area contributed by atoms with Gasteiger partial charge in [-0.25, -0.2) is 4.98 Å². The van der Waals surface area contributed by atoms with Crippen LogP contribution < -0.4 is 4.90 Å². The van der Waals surface area contributed by atoms with E-state index in [4.69, 9.17) is 0 Å². The van der Waals surface area contributed by atoms with Crippen LogP contribution in [0.25, 0.3) is 0 Å². The number of rotatable bonds is 5. The van der Waals surface area contributed by atoms with Crippen LogP contribution in [0.4, 0.5) is 5.82 Å². The minimum Gasteiger partial charge on any atom is -0.506 e. The van der Waals surface area contributed by atoms with Crippen molar-refractivity contribution in [3.63, 3.8) is 0 Å². The van der Waals surface area contributed by atoms with E-state index in [0.717, 1.165) is 18.9 Å². The molecule has 148 valence electrons. The lowest BCUT2D eigenvalue weighted by Crippen LogP contribution is -2.49. The highest BCUT2D eigenvalue weighted by molar-refractivity contribution is 5.78. The van der Waals surface area contributed by atoms with E-state index in [0.29, 0.717) is 19.5 Å². The van der Waals surface area contributed by atoms with Crippen molar-refractivity contribution in [1.82, 2.24) is 9.88 Å². The highest BCUT2D eigenvalue weighted by Gasteiger charge is 2.25. The maximum absolute atomic E-state index is 13.1. The molecule has 1 aliphatic rings. The summed E-state index contributed by atoms with van der Waals surface area (Å²) in [6.45, 7) is 2.84. The number of anilines is 1. The van der Waals surface area contributed by atoms with E-state index >= 15 is 0 Å². The summed E-state index contributed by atoms with van der Waals surface area (Å²) in [5, 5.41) is 9.41. The molecule has 0 radical (unpaired) electrons. The molecule has 2 aromatic carbocycles. The van der Waals surface area contributed by atoms with Crippen molar-refractivity contribution in [2.24, 2.45) is 0 Å². The second-order valence-electron chi connectivity index (χ2n) is 7.32. The van der Waals surface area contributed by atoms with Crippen molar-refractivity contribution in [2.75, 3.05) is 31.1 Å². The van der Waals surface area contributed by atoms with Crippen molar-refractivity contribution in [2.45, 2.75) is 12.3 Å². The molecule has 1 fully saturated rings. The van der Waals surface area contributed by atoms with Gasteiger partial charge in [0.15, 0.2) is 0 Å². The molecule has 1 saturated heterocycles. The molecule has 3 aromatic rings. The van der Waals surface area contributed by atoms with Gasteiger partial charge in [0.25, 0.3) is 0 Å². The standard InChI is InChI=1S/C24H25N3O2/c28-21-11-12-23(25-18-21)26-13-15-27(16-14-26)24(29)17-22(19-7-3-1-4-8-19)20-9-5-2-6-10-20/h1-12,18,22,28H,13-17H2. The largest absolute Gasteiger partial charge is 0.506 e. The van der Waals surface area contributed by atoms with Gasteiger partial charge in [-0.2, -0.15) is 0 Å². The third-order valence-electron chi connectivity index (χ3n) is 5.47.